The molecule has 0 heterocycles. The standard InChI is InChI=1S/C31H43F3N2O2/c1-4-38-18-30(37)14-12-22-21(16-30)6-7-24-23(22)11-13-29(3)25(24)8-9-26(29)28(31(32,33)34)36-27-10-5-20(17-35)15-19(27)2/h5,10,15,21-26,28,36-37H,4,6-9,11-14,16,18H2,1-3H3/t21-,22+,23-,24-,25+,26?,28+,29+,30-/m1/s1. The summed E-state index contributed by atoms with van der Waals surface area (Å²) in [6.45, 7) is 6.89. The molecule has 0 aliphatic heterocycles. The minimum atomic E-state index is -4.36. The maximum Gasteiger partial charge on any atom is 0.408 e. The zero-order chi connectivity index (χ0) is 27.3. The molecule has 1 aromatic carbocycles. The van der Waals surface area contributed by atoms with Crippen molar-refractivity contribution in [3.05, 3.63) is 29.3 Å². The zero-order valence-corrected chi connectivity index (χ0v) is 23.0. The van der Waals surface area contributed by atoms with Crippen LogP contribution in [0.4, 0.5) is 18.9 Å². The SMILES string of the molecule is CCOC[C@@]1(O)CC[C@H]2[C@H](CC[C@@H]3[C@@H]2CC[C@]2(C)C([C@H](Nc4ccc(C#N)cc4C)C(F)(F)F)CC[C@@H]32)C1. The van der Waals surface area contributed by atoms with E-state index < -0.39 is 23.7 Å². The molecule has 210 valence electrons. The van der Waals surface area contributed by atoms with Gasteiger partial charge in [0.15, 0.2) is 0 Å². The van der Waals surface area contributed by atoms with Gasteiger partial charge in [-0.2, -0.15) is 18.4 Å². The second-order valence-electron chi connectivity index (χ2n) is 13.1. The fourth-order valence-electron chi connectivity index (χ4n) is 9.45. The van der Waals surface area contributed by atoms with E-state index >= 15 is 0 Å². The van der Waals surface area contributed by atoms with E-state index in [1.165, 1.54) is 0 Å². The molecule has 2 N–H and O–H groups in total. The summed E-state index contributed by atoms with van der Waals surface area (Å²) < 4.78 is 49.5. The Kier molecular flexibility index (Phi) is 7.54. The van der Waals surface area contributed by atoms with E-state index in [0.29, 0.717) is 66.0 Å². The smallest absolute Gasteiger partial charge is 0.387 e. The topological polar surface area (TPSA) is 65.3 Å². The molecule has 4 nitrogen and oxygen atoms in total. The summed E-state index contributed by atoms with van der Waals surface area (Å²) in [5.41, 5.74) is 0.528. The van der Waals surface area contributed by atoms with Crippen molar-refractivity contribution in [3.8, 4) is 6.07 Å². The lowest BCUT2D eigenvalue weighted by Gasteiger charge is -2.57. The number of alkyl halides is 3. The first kappa shape index (κ1) is 27.8. The van der Waals surface area contributed by atoms with E-state index in [-0.39, 0.29) is 5.41 Å². The molecule has 0 aromatic heterocycles. The van der Waals surface area contributed by atoms with Crippen molar-refractivity contribution in [2.24, 2.45) is 40.9 Å². The number of ether oxygens (including phenoxy) is 1. The van der Waals surface area contributed by atoms with Gasteiger partial charge in [0.2, 0.25) is 0 Å². The van der Waals surface area contributed by atoms with Crippen LogP contribution in [0, 0.1) is 59.2 Å². The van der Waals surface area contributed by atoms with Crippen molar-refractivity contribution < 1.29 is 23.0 Å². The van der Waals surface area contributed by atoms with Gasteiger partial charge in [0, 0.05) is 12.3 Å². The van der Waals surface area contributed by atoms with Crippen LogP contribution in [0.25, 0.3) is 0 Å². The van der Waals surface area contributed by atoms with Crippen LogP contribution >= 0.6 is 0 Å². The summed E-state index contributed by atoms with van der Waals surface area (Å²) in [6.07, 6.45) is 3.68. The van der Waals surface area contributed by atoms with E-state index in [1.807, 2.05) is 6.92 Å². The van der Waals surface area contributed by atoms with Gasteiger partial charge in [-0.3, -0.25) is 0 Å². The van der Waals surface area contributed by atoms with Gasteiger partial charge in [-0.15, -0.1) is 0 Å². The molecule has 1 unspecified atom stereocenters. The first-order valence-corrected chi connectivity index (χ1v) is 14.6. The number of anilines is 1. The highest BCUT2D eigenvalue weighted by atomic mass is 19.4. The summed E-state index contributed by atoms with van der Waals surface area (Å²) in [5, 5.41) is 23.2. The molecule has 0 spiro atoms. The first-order valence-electron chi connectivity index (χ1n) is 14.6. The molecule has 5 rings (SSSR count). The van der Waals surface area contributed by atoms with Crippen molar-refractivity contribution in [1.29, 1.82) is 5.26 Å². The Bertz CT molecular complexity index is 1050. The van der Waals surface area contributed by atoms with Crippen LogP contribution in [-0.4, -0.2) is 36.1 Å². The highest BCUT2D eigenvalue weighted by Gasteiger charge is 2.62. The summed E-state index contributed by atoms with van der Waals surface area (Å²) in [5.74, 6) is 2.00. The Morgan fingerprint density at radius 1 is 1.11 bits per heavy atom. The maximum absolute atomic E-state index is 14.6. The first-order chi connectivity index (χ1) is 18.0. The number of nitriles is 1. The number of fused-ring (bicyclic) bond motifs is 5. The number of benzene rings is 1. The number of rotatable bonds is 6. The molecule has 0 bridgehead atoms. The van der Waals surface area contributed by atoms with Crippen molar-refractivity contribution in [3.63, 3.8) is 0 Å². The molecule has 4 saturated carbocycles. The Labute approximate surface area is 225 Å². The molecule has 38 heavy (non-hydrogen) atoms. The predicted molar refractivity (Wildman–Crippen MR) is 141 cm³/mol. The lowest BCUT2D eigenvalue weighted by Crippen LogP contribution is -2.54. The van der Waals surface area contributed by atoms with Crippen LogP contribution in [0.1, 0.15) is 82.8 Å². The number of nitrogens with one attached hydrogen (secondary N) is 1. The third kappa shape index (κ3) is 4.96. The Balaban J connectivity index is 1.33. The van der Waals surface area contributed by atoms with Crippen molar-refractivity contribution in [2.75, 3.05) is 18.5 Å². The van der Waals surface area contributed by atoms with Crippen LogP contribution < -0.4 is 5.32 Å². The van der Waals surface area contributed by atoms with E-state index in [1.54, 1.807) is 25.1 Å². The lowest BCUT2D eigenvalue weighted by molar-refractivity contribution is -0.170. The second-order valence-corrected chi connectivity index (χ2v) is 13.1. The molecular formula is C31H43F3N2O2. The zero-order valence-electron chi connectivity index (χ0n) is 23.0. The maximum atomic E-state index is 14.6. The van der Waals surface area contributed by atoms with Gasteiger partial charge in [-0.05, 0) is 136 Å². The van der Waals surface area contributed by atoms with Crippen LogP contribution in [0.15, 0.2) is 18.2 Å². The Hall–Kier alpha value is -1.78. The number of hydrogen-bond acceptors (Lipinski definition) is 4. The van der Waals surface area contributed by atoms with Gasteiger partial charge in [0.1, 0.15) is 6.04 Å². The monoisotopic (exact) mass is 532 g/mol. The molecule has 0 saturated heterocycles. The molecule has 1 aromatic rings. The van der Waals surface area contributed by atoms with Crippen molar-refractivity contribution in [1.82, 2.24) is 0 Å². The molecule has 9 atom stereocenters. The average Bonchev–Trinajstić information content (AvgIpc) is 3.22. The molecule has 4 fully saturated rings. The molecule has 0 radical (unpaired) electrons. The molecule has 0 amide bonds. The number of aliphatic hydroxyl groups is 1. The van der Waals surface area contributed by atoms with Gasteiger partial charge >= 0.3 is 6.18 Å². The highest BCUT2D eigenvalue weighted by Crippen LogP contribution is 2.66. The van der Waals surface area contributed by atoms with Gasteiger partial charge in [-0.1, -0.05) is 6.92 Å². The number of halogens is 3. The highest BCUT2D eigenvalue weighted by molar-refractivity contribution is 5.55. The van der Waals surface area contributed by atoms with E-state index in [9.17, 15) is 18.3 Å². The van der Waals surface area contributed by atoms with Crippen LogP contribution in [0.5, 0.6) is 0 Å². The van der Waals surface area contributed by atoms with Crippen LogP contribution in [-0.2, 0) is 4.74 Å². The average molecular weight is 533 g/mol. The molecule has 4 aliphatic carbocycles. The minimum Gasteiger partial charge on any atom is -0.387 e. The lowest BCUT2D eigenvalue weighted by atomic mass is 9.48. The Morgan fingerprint density at radius 2 is 1.87 bits per heavy atom. The van der Waals surface area contributed by atoms with Gasteiger partial charge < -0.3 is 15.2 Å². The van der Waals surface area contributed by atoms with Gasteiger partial charge in [0.25, 0.3) is 0 Å². The molecule has 4 aliphatic rings. The summed E-state index contributed by atoms with van der Waals surface area (Å²) in [6, 6.07) is 5.33. The molecular weight excluding hydrogens is 489 g/mol. The van der Waals surface area contributed by atoms with E-state index in [2.05, 4.69) is 18.3 Å². The normalized spacial score (nSPS) is 39.4. The predicted octanol–water partition coefficient (Wildman–Crippen LogP) is 7.25. The van der Waals surface area contributed by atoms with E-state index in [0.717, 1.165) is 51.4 Å². The van der Waals surface area contributed by atoms with Crippen LogP contribution in [0.3, 0.4) is 0 Å². The Morgan fingerprint density at radius 3 is 2.55 bits per heavy atom. The van der Waals surface area contributed by atoms with Gasteiger partial charge in [0.05, 0.1) is 23.8 Å². The summed E-state index contributed by atoms with van der Waals surface area (Å²) >= 11 is 0. The number of nitrogens with zero attached hydrogens (tertiary/aromatic N) is 1. The van der Waals surface area contributed by atoms with Crippen LogP contribution in [0.2, 0.25) is 0 Å². The third-order valence-electron chi connectivity index (χ3n) is 11.2. The van der Waals surface area contributed by atoms with Gasteiger partial charge in [-0.25, -0.2) is 0 Å². The van der Waals surface area contributed by atoms with E-state index in [4.69, 9.17) is 10.00 Å². The quantitative estimate of drug-likeness (QED) is 0.405. The second kappa shape index (κ2) is 10.3. The number of hydrogen-bond donors (Lipinski definition) is 2. The minimum absolute atomic E-state index is 0.324. The summed E-state index contributed by atoms with van der Waals surface area (Å²) in [7, 11) is 0. The number of aryl methyl sites for hydroxylation is 1. The third-order valence-corrected chi connectivity index (χ3v) is 11.2. The summed E-state index contributed by atoms with van der Waals surface area (Å²) in [4.78, 5) is 0. The van der Waals surface area contributed by atoms with Crippen molar-refractivity contribution >= 4 is 5.69 Å². The fraction of sp³-hybridized carbons (Fsp3) is 0.774. The largest absolute Gasteiger partial charge is 0.408 e. The fourth-order valence-corrected chi connectivity index (χ4v) is 9.45. The van der Waals surface area contributed by atoms with Crippen molar-refractivity contribution in [2.45, 2.75) is 96.4 Å². The molecule has 7 heteroatoms.